The molecule has 0 aliphatic carbocycles. The van der Waals surface area contributed by atoms with Crippen LogP contribution < -0.4 is 22.3 Å². The number of rotatable bonds is 6. The number of aryl methyl sites for hydroxylation is 1. The van der Waals surface area contributed by atoms with Gasteiger partial charge in [-0.1, -0.05) is 20.8 Å². The van der Waals surface area contributed by atoms with E-state index in [2.05, 4.69) is 15.3 Å². The Labute approximate surface area is 176 Å². The lowest BCUT2D eigenvalue weighted by Gasteiger charge is -2.24. The molecule has 2 heterocycles. The number of aromatic amines is 1. The summed E-state index contributed by atoms with van der Waals surface area (Å²) < 4.78 is 1.41. The van der Waals surface area contributed by atoms with Crippen LogP contribution in [0.25, 0.3) is 11.0 Å². The summed E-state index contributed by atoms with van der Waals surface area (Å²) in [5, 5.41) is 2.96. The number of pyridine rings is 1. The van der Waals surface area contributed by atoms with Crippen molar-refractivity contribution in [2.45, 2.75) is 59.0 Å². The quantitative estimate of drug-likeness (QED) is 0.641. The van der Waals surface area contributed by atoms with Gasteiger partial charge in [0.2, 0.25) is 0 Å². The van der Waals surface area contributed by atoms with E-state index in [1.807, 2.05) is 20.8 Å². The van der Waals surface area contributed by atoms with E-state index in [9.17, 15) is 14.4 Å². The molecule has 0 radical (unpaired) electrons. The van der Waals surface area contributed by atoms with Crippen molar-refractivity contribution < 1.29 is 4.79 Å². The Bertz CT molecular complexity index is 951. The number of nitrogens with one attached hydrogen (secondary N) is 2. The number of hydrogen-bond donors (Lipinski definition) is 3. The van der Waals surface area contributed by atoms with Crippen LogP contribution in [0.4, 0.5) is 0 Å². The van der Waals surface area contributed by atoms with Crippen molar-refractivity contribution in [3.63, 3.8) is 0 Å². The fourth-order valence-electron chi connectivity index (χ4n) is 2.63. The third-order valence-corrected chi connectivity index (χ3v) is 4.21. The zero-order chi connectivity index (χ0) is 19.6. The Hall–Kier alpha value is -1.90. The Kier molecular flexibility index (Phi) is 9.36. The Morgan fingerprint density at radius 1 is 1.32 bits per heavy atom. The van der Waals surface area contributed by atoms with Gasteiger partial charge in [-0.15, -0.1) is 24.8 Å². The first-order chi connectivity index (χ1) is 12.1. The second-order valence-electron chi connectivity index (χ2n) is 7.40. The van der Waals surface area contributed by atoms with Crippen molar-refractivity contribution in [3.8, 4) is 0 Å². The molecule has 0 bridgehead atoms. The van der Waals surface area contributed by atoms with Crippen molar-refractivity contribution in [1.82, 2.24) is 19.9 Å². The number of aromatic nitrogens is 3. The third kappa shape index (κ3) is 5.33. The van der Waals surface area contributed by atoms with Gasteiger partial charge in [-0.05, 0) is 32.3 Å². The first-order valence-corrected chi connectivity index (χ1v) is 8.81. The molecule has 1 amide bonds. The first-order valence-electron chi connectivity index (χ1n) is 8.81. The van der Waals surface area contributed by atoms with Gasteiger partial charge in [0, 0.05) is 24.3 Å². The predicted molar refractivity (Wildman–Crippen MR) is 116 cm³/mol. The molecule has 4 N–H and O–H groups in total. The van der Waals surface area contributed by atoms with E-state index in [1.54, 1.807) is 19.9 Å². The molecule has 0 fully saturated rings. The van der Waals surface area contributed by atoms with Gasteiger partial charge in [0.25, 0.3) is 11.5 Å². The maximum atomic E-state index is 12.9. The minimum Gasteiger partial charge on any atom is -0.346 e. The highest BCUT2D eigenvalue weighted by molar-refractivity contribution is 6.05. The predicted octanol–water partition coefficient (Wildman–Crippen LogP) is 1.93. The van der Waals surface area contributed by atoms with Gasteiger partial charge < -0.3 is 11.1 Å². The molecular formula is C18H29Cl2N5O3. The van der Waals surface area contributed by atoms with Crippen LogP contribution in [0.15, 0.2) is 15.7 Å². The molecule has 2 aromatic rings. The fourth-order valence-corrected chi connectivity index (χ4v) is 2.63. The zero-order valence-electron chi connectivity index (χ0n) is 16.8. The topological polar surface area (TPSA) is 123 Å². The summed E-state index contributed by atoms with van der Waals surface area (Å²) in [4.78, 5) is 44.4. The van der Waals surface area contributed by atoms with Gasteiger partial charge in [0.05, 0.1) is 10.9 Å². The summed E-state index contributed by atoms with van der Waals surface area (Å²) in [5.41, 5.74) is 5.01. The molecule has 0 atom stereocenters. The normalized spacial score (nSPS) is 11.1. The van der Waals surface area contributed by atoms with Crippen LogP contribution in [0.2, 0.25) is 0 Å². The van der Waals surface area contributed by atoms with Gasteiger partial charge in [-0.3, -0.25) is 19.1 Å². The SMILES string of the molecule is CCCn1c(=O)[nH]c(=O)c2c(C(=O)NC(C)(C)CN)cc(C(C)C)nc21.Cl.Cl. The molecule has 0 spiro atoms. The largest absolute Gasteiger partial charge is 0.346 e. The summed E-state index contributed by atoms with van der Waals surface area (Å²) >= 11 is 0. The van der Waals surface area contributed by atoms with Crippen molar-refractivity contribution in [2.24, 2.45) is 5.73 Å². The van der Waals surface area contributed by atoms with E-state index >= 15 is 0 Å². The minimum atomic E-state index is -0.630. The third-order valence-electron chi connectivity index (χ3n) is 4.21. The van der Waals surface area contributed by atoms with E-state index < -0.39 is 22.7 Å². The van der Waals surface area contributed by atoms with E-state index in [4.69, 9.17) is 5.73 Å². The zero-order valence-corrected chi connectivity index (χ0v) is 18.4. The molecule has 10 heteroatoms. The number of carbonyl (C=O) groups excluding carboxylic acids is 1. The van der Waals surface area contributed by atoms with Gasteiger partial charge in [-0.2, -0.15) is 0 Å². The van der Waals surface area contributed by atoms with Crippen LogP contribution in [0.5, 0.6) is 0 Å². The lowest BCUT2D eigenvalue weighted by molar-refractivity contribution is 0.0917. The lowest BCUT2D eigenvalue weighted by atomic mass is 10.0. The van der Waals surface area contributed by atoms with Crippen LogP contribution in [-0.4, -0.2) is 32.5 Å². The van der Waals surface area contributed by atoms with Crippen molar-refractivity contribution in [3.05, 3.63) is 38.2 Å². The second-order valence-corrected chi connectivity index (χ2v) is 7.40. The van der Waals surface area contributed by atoms with Gasteiger partial charge in [0.15, 0.2) is 5.65 Å². The molecular weight excluding hydrogens is 405 g/mol. The molecule has 0 saturated heterocycles. The number of hydrogen-bond acceptors (Lipinski definition) is 5. The summed E-state index contributed by atoms with van der Waals surface area (Å²) in [7, 11) is 0. The highest BCUT2D eigenvalue weighted by atomic mass is 35.5. The number of nitrogens with two attached hydrogens (primary N) is 1. The Balaban J connectivity index is 0.00000364. The molecule has 0 aliphatic heterocycles. The van der Waals surface area contributed by atoms with E-state index in [0.29, 0.717) is 18.7 Å². The van der Waals surface area contributed by atoms with Crippen LogP contribution in [0.1, 0.15) is 63.0 Å². The van der Waals surface area contributed by atoms with Crippen molar-refractivity contribution >= 4 is 41.8 Å². The molecule has 0 aliphatic rings. The molecule has 0 unspecified atom stereocenters. The average Bonchev–Trinajstić information content (AvgIpc) is 2.56. The second kappa shape index (κ2) is 10.0. The standard InChI is InChI=1S/C18H27N5O3.2ClH/c1-6-7-23-14-13(16(25)21-17(23)26)11(8-12(20-14)10(2)3)15(24)22-18(4,5)9-19;;/h8,10H,6-7,9,19H2,1-5H3,(H,22,24)(H,21,25,26);2*1H. The maximum absolute atomic E-state index is 12.9. The number of nitrogens with zero attached hydrogens (tertiary/aromatic N) is 2. The number of fused-ring (bicyclic) bond motifs is 1. The van der Waals surface area contributed by atoms with Crippen LogP contribution in [0.3, 0.4) is 0 Å². The monoisotopic (exact) mass is 433 g/mol. The van der Waals surface area contributed by atoms with E-state index in [-0.39, 0.29) is 53.9 Å². The van der Waals surface area contributed by atoms with Gasteiger partial charge >= 0.3 is 5.69 Å². The molecule has 158 valence electrons. The number of carbonyl (C=O) groups is 1. The van der Waals surface area contributed by atoms with E-state index in [1.165, 1.54) is 4.57 Å². The first kappa shape index (κ1) is 26.1. The summed E-state index contributed by atoms with van der Waals surface area (Å²) in [6.07, 6.45) is 0.691. The highest BCUT2D eigenvalue weighted by Gasteiger charge is 2.24. The Morgan fingerprint density at radius 2 is 1.93 bits per heavy atom. The van der Waals surface area contributed by atoms with Gasteiger partial charge in [0.1, 0.15) is 0 Å². The molecule has 2 aromatic heterocycles. The number of H-pyrrole nitrogens is 1. The van der Waals surface area contributed by atoms with Crippen molar-refractivity contribution in [2.75, 3.05) is 6.54 Å². The molecule has 2 rings (SSSR count). The minimum absolute atomic E-state index is 0. The Morgan fingerprint density at radius 3 is 2.43 bits per heavy atom. The lowest BCUT2D eigenvalue weighted by Crippen LogP contribution is -2.49. The summed E-state index contributed by atoms with van der Waals surface area (Å²) in [5.74, 6) is -0.389. The molecule has 8 nitrogen and oxygen atoms in total. The fraction of sp³-hybridized carbons (Fsp3) is 0.556. The molecule has 0 aromatic carbocycles. The molecule has 28 heavy (non-hydrogen) atoms. The van der Waals surface area contributed by atoms with Crippen LogP contribution in [0, 0.1) is 0 Å². The van der Waals surface area contributed by atoms with Crippen molar-refractivity contribution in [1.29, 1.82) is 0 Å². The van der Waals surface area contributed by atoms with Gasteiger partial charge in [-0.25, -0.2) is 9.78 Å². The molecule has 0 saturated carbocycles. The van der Waals surface area contributed by atoms with Crippen LogP contribution >= 0.6 is 24.8 Å². The number of halogens is 2. The maximum Gasteiger partial charge on any atom is 0.329 e. The summed E-state index contributed by atoms with van der Waals surface area (Å²) in [6.45, 7) is 10.0. The van der Waals surface area contributed by atoms with Crippen LogP contribution in [-0.2, 0) is 6.54 Å². The number of amides is 1. The average molecular weight is 434 g/mol. The highest BCUT2D eigenvalue weighted by Crippen LogP contribution is 2.20. The van der Waals surface area contributed by atoms with E-state index in [0.717, 1.165) is 0 Å². The summed E-state index contributed by atoms with van der Waals surface area (Å²) in [6, 6.07) is 1.62. The smallest absolute Gasteiger partial charge is 0.329 e.